The molecule has 1 unspecified atom stereocenters. The number of rotatable bonds is 8. The van der Waals surface area contributed by atoms with Gasteiger partial charge in [-0.2, -0.15) is 0 Å². The molecule has 208 valence electrons. The number of ether oxygens (including phenoxy) is 1. The average Bonchev–Trinajstić information content (AvgIpc) is 2.93. The van der Waals surface area contributed by atoms with E-state index in [-0.39, 0.29) is 17.9 Å². The molecule has 1 atom stereocenters. The van der Waals surface area contributed by atoms with Gasteiger partial charge in [-0.1, -0.05) is 74.0 Å². The van der Waals surface area contributed by atoms with Crippen molar-refractivity contribution in [1.82, 2.24) is 10.6 Å². The average molecular weight is 571 g/mol. The lowest BCUT2D eigenvalue weighted by atomic mass is 9.94. The molecule has 0 saturated heterocycles. The van der Waals surface area contributed by atoms with Gasteiger partial charge in [0.15, 0.2) is 9.84 Å². The van der Waals surface area contributed by atoms with Gasteiger partial charge in [0.1, 0.15) is 12.6 Å². The summed E-state index contributed by atoms with van der Waals surface area (Å²) in [4.78, 5) is 26.8. The number of sulfone groups is 1. The van der Waals surface area contributed by atoms with E-state index in [4.69, 9.17) is 16.3 Å². The molecule has 7 nitrogen and oxygen atoms in total. The van der Waals surface area contributed by atoms with E-state index in [1.165, 1.54) is 12.1 Å². The Balaban J connectivity index is 0.00000205. The molecule has 0 fully saturated rings. The van der Waals surface area contributed by atoms with Crippen molar-refractivity contribution in [3.63, 3.8) is 0 Å². The Bertz CT molecular complexity index is 1420. The molecular formula is C30H35ClN2O5S. The number of benzene rings is 3. The molecule has 0 aliphatic carbocycles. The van der Waals surface area contributed by atoms with Gasteiger partial charge in [-0.05, 0) is 59.8 Å². The van der Waals surface area contributed by atoms with E-state index < -0.39 is 27.8 Å². The number of hydrogen-bond acceptors (Lipinski definition) is 6. The van der Waals surface area contributed by atoms with Gasteiger partial charge in [-0.25, -0.2) is 13.2 Å². The van der Waals surface area contributed by atoms with Crippen LogP contribution in [0.3, 0.4) is 0 Å². The maximum atomic E-state index is 13.5. The Morgan fingerprint density at radius 2 is 1.74 bits per heavy atom. The lowest BCUT2D eigenvalue weighted by Crippen LogP contribution is -2.43. The number of carbonyl (C=O) groups is 2. The minimum absolute atomic E-state index is 0.0427. The summed E-state index contributed by atoms with van der Waals surface area (Å²) >= 11 is 6.69. The summed E-state index contributed by atoms with van der Waals surface area (Å²) in [5.41, 5.74) is 4.40. The van der Waals surface area contributed by atoms with Gasteiger partial charge in [0, 0.05) is 19.2 Å². The highest BCUT2D eigenvalue weighted by molar-refractivity contribution is 7.90. The van der Waals surface area contributed by atoms with Crippen molar-refractivity contribution in [2.45, 2.75) is 57.7 Å². The van der Waals surface area contributed by atoms with Crippen molar-refractivity contribution in [2.24, 2.45) is 0 Å². The molecule has 0 radical (unpaired) electrons. The van der Waals surface area contributed by atoms with E-state index in [9.17, 15) is 18.0 Å². The van der Waals surface area contributed by atoms with Crippen LogP contribution in [0.2, 0.25) is 5.02 Å². The predicted octanol–water partition coefficient (Wildman–Crippen LogP) is 4.81. The van der Waals surface area contributed by atoms with E-state index in [0.717, 1.165) is 29.5 Å². The fourth-order valence-corrected chi connectivity index (χ4v) is 5.56. The third kappa shape index (κ3) is 7.91. The molecule has 2 N–H and O–H groups in total. The highest BCUT2D eigenvalue weighted by Gasteiger charge is 2.28. The van der Waals surface area contributed by atoms with Crippen LogP contribution in [-0.2, 0) is 45.4 Å². The molecule has 0 spiro atoms. The first-order valence-corrected chi connectivity index (χ1v) is 15.2. The Hall–Kier alpha value is -3.20. The Morgan fingerprint density at radius 3 is 2.44 bits per heavy atom. The van der Waals surface area contributed by atoms with E-state index in [1.54, 1.807) is 12.1 Å². The van der Waals surface area contributed by atoms with E-state index >= 15 is 0 Å². The van der Waals surface area contributed by atoms with Crippen LogP contribution >= 0.6 is 11.6 Å². The monoisotopic (exact) mass is 570 g/mol. The summed E-state index contributed by atoms with van der Waals surface area (Å²) in [6.45, 7) is 7.31. The zero-order valence-electron chi connectivity index (χ0n) is 22.7. The summed E-state index contributed by atoms with van der Waals surface area (Å²) < 4.78 is 29.6. The minimum atomic E-state index is -3.44. The number of nitrogens with one attached hydrogen (secondary N) is 2. The molecule has 0 aromatic heterocycles. The van der Waals surface area contributed by atoms with Crippen LogP contribution < -0.4 is 10.6 Å². The van der Waals surface area contributed by atoms with Crippen molar-refractivity contribution in [1.29, 1.82) is 0 Å². The molecule has 4 rings (SSSR count). The number of amides is 1. The van der Waals surface area contributed by atoms with Crippen LogP contribution in [-0.4, -0.2) is 39.1 Å². The van der Waals surface area contributed by atoms with Crippen molar-refractivity contribution in [2.75, 3.05) is 12.8 Å². The molecule has 0 bridgehead atoms. The fraction of sp³-hybridized carbons (Fsp3) is 0.333. The summed E-state index contributed by atoms with van der Waals surface area (Å²) in [5.74, 6) is -1.11. The van der Waals surface area contributed by atoms with Gasteiger partial charge >= 0.3 is 5.97 Å². The summed E-state index contributed by atoms with van der Waals surface area (Å²) in [6, 6.07) is 16.4. The van der Waals surface area contributed by atoms with Gasteiger partial charge in [0.05, 0.1) is 15.5 Å². The van der Waals surface area contributed by atoms with E-state index in [1.807, 2.05) is 57.2 Å². The maximum absolute atomic E-state index is 13.5. The number of carbonyl (C=O) groups excluding carboxylic acids is 2. The summed E-state index contributed by atoms with van der Waals surface area (Å²) in [7, 11) is -3.44. The highest BCUT2D eigenvalue weighted by Crippen LogP contribution is 2.30. The zero-order chi connectivity index (χ0) is 28.6. The minimum Gasteiger partial charge on any atom is -0.459 e. The fourth-order valence-electron chi connectivity index (χ4n) is 4.42. The smallest absolute Gasteiger partial charge is 0.329 e. The third-order valence-corrected chi connectivity index (χ3v) is 7.86. The van der Waals surface area contributed by atoms with Crippen molar-refractivity contribution < 1.29 is 22.7 Å². The first-order valence-electron chi connectivity index (χ1n) is 13.0. The van der Waals surface area contributed by atoms with Crippen LogP contribution in [0.15, 0.2) is 65.6 Å². The van der Waals surface area contributed by atoms with Crippen LogP contribution in [0.4, 0.5) is 0 Å². The number of halogens is 1. The summed E-state index contributed by atoms with van der Waals surface area (Å²) in [6.07, 6.45) is 1.87. The molecule has 3 aromatic rings. The quantitative estimate of drug-likeness (QED) is 0.377. The topological polar surface area (TPSA) is 102 Å². The van der Waals surface area contributed by atoms with Gasteiger partial charge in [-0.3, -0.25) is 4.79 Å². The molecule has 1 heterocycles. The van der Waals surface area contributed by atoms with Gasteiger partial charge < -0.3 is 15.4 Å². The van der Waals surface area contributed by atoms with Gasteiger partial charge in [-0.15, -0.1) is 0 Å². The van der Waals surface area contributed by atoms with Crippen molar-refractivity contribution >= 4 is 33.3 Å². The summed E-state index contributed by atoms with van der Waals surface area (Å²) in [5, 5.41) is 6.49. The normalized spacial score (nSPS) is 13.4. The van der Waals surface area contributed by atoms with Crippen LogP contribution in [0, 0.1) is 6.92 Å². The third-order valence-electron chi connectivity index (χ3n) is 6.33. The SMILES string of the molecule is CC.Cc1cc2c(c(Cl)c1C(=O)NC(Cc1cccc(S(C)(=O)=O)c1)C(=O)OCc1ccccc1)CCNC2. The van der Waals surface area contributed by atoms with Crippen molar-refractivity contribution in [3.8, 4) is 0 Å². The number of hydrogen-bond donors (Lipinski definition) is 2. The van der Waals surface area contributed by atoms with E-state index in [0.29, 0.717) is 34.7 Å². The number of esters is 1. The molecule has 3 aromatic carbocycles. The molecular weight excluding hydrogens is 536 g/mol. The first-order chi connectivity index (χ1) is 18.6. The zero-order valence-corrected chi connectivity index (χ0v) is 24.3. The van der Waals surface area contributed by atoms with Crippen LogP contribution in [0.25, 0.3) is 0 Å². The van der Waals surface area contributed by atoms with Crippen molar-refractivity contribution in [3.05, 3.63) is 99.1 Å². The molecule has 0 saturated carbocycles. The predicted molar refractivity (Wildman–Crippen MR) is 154 cm³/mol. The second-order valence-corrected chi connectivity index (χ2v) is 11.6. The largest absolute Gasteiger partial charge is 0.459 e. The lowest BCUT2D eigenvalue weighted by molar-refractivity contribution is -0.147. The molecule has 9 heteroatoms. The van der Waals surface area contributed by atoms with Gasteiger partial charge in [0.2, 0.25) is 0 Å². The molecule has 1 aliphatic rings. The van der Waals surface area contributed by atoms with Gasteiger partial charge in [0.25, 0.3) is 5.91 Å². The second-order valence-electron chi connectivity index (χ2n) is 9.19. The molecule has 1 amide bonds. The van der Waals surface area contributed by atoms with Crippen LogP contribution in [0.1, 0.15) is 52.0 Å². The second kappa shape index (κ2) is 13.7. The van der Waals surface area contributed by atoms with E-state index in [2.05, 4.69) is 10.6 Å². The lowest BCUT2D eigenvalue weighted by Gasteiger charge is -2.23. The Morgan fingerprint density at radius 1 is 1.05 bits per heavy atom. The highest BCUT2D eigenvalue weighted by atomic mass is 35.5. The van der Waals surface area contributed by atoms with Crippen LogP contribution in [0.5, 0.6) is 0 Å². The molecule has 1 aliphatic heterocycles. The maximum Gasteiger partial charge on any atom is 0.329 e. The standard InChI is InChI=1S/C28H29ClN2O5S.C2H6/c1-18-13-21-16-30-12-11-23(21)26(29)25(18)27(32)31-24(28(33)36-17-19-7-4-3-5-8-19)15-20-9-6-10-22(14-20)37(2,34)35;1-2/h3-10,13-14,24,30H,11-12,15-17H2,1-2H3,(H,31,32);1-2H3. The first kappa shape index (κ1) is 30.3. The molecule has 39 heavy (non-hydrogen) atoms. The Labute approximate surface area is 235 Å². The number of aryl methyl sites for hydroxylation is 1. The Kier molecular flexibility index (Phi) is 10.7. The number of fused-ring (bicyclic) bond motifs is 1.